The molecule has 35 heavy (non-hydrogen) atoms. The second kappa shape index (κ2) is 8.59. The molecule has 2 atom stereocenters. The summed E-state index contributed by atoms with van der Waals surface area (Å²) in [5, 5.41) is 0. The zero-order valence-electron chi connectivity index (χ0n) is 18.7. The number of benzene rings is 2. The van der Waals surface area contributed by atoms with Crippen LogP contribution in [0, 0.1) is 12.7 Å². The molecule has 3 aliphatic rings. The van der Waals surface area contributed by atoms with Gasteiger partial charge in [0.2, 0.25) is 0 Å². The number of anilines is 2. The van der Waals surface area contributed by atoms with Crippen molar-refractivity contribution in [2.24, 2.45) is 0 Å². The van der Waals surface area contributed by atoms with Gasteiger partial charge in [0.1, 0.15) is 30.8 Å². The molecule has 0 N–H and O–H groups in total. The van der Waals surface area contributed by atoms with Crippen LogP contribution in [0.2, 0.25) is 0 Å². The molecule has 0 bridgehead atoms. The Balaban J connectivity index is 1.32. The van der Waals surface area contributed by atoms with Crippen molar-refractivity contribution in [2.45, 2.75) is 42.7 Å². The van der Waals surface area contributed by atoms with Gasteiger partial charge in [-0.05, 0) is 19.1 Å². The van der Waals surface area contributed by atoms with Crippen molar-refractivity contribution in [2.75, 3.05) is 36.1 Å². The molecule has 0 spiro atoms. The van der Waals surface area contributed by atoms with Gasteiger partial charge >= 0.3 is 6.09 Å². The number of rotatable bonds is 5. The lowest BCUT2D eigenvalue weighted by atomic mass is 10.0. The highest BCUT2D eigenvalue weighted by Gasteiger charge is 2.48. The van der Waals surface area contributed by atoms with Gasteiger partial charge in [-0.15, -0.1) is 0 Å². The fourth-order valence-electron chi connectivity index (χ4n) is 4.43. The zero-order chi connectivity index (χ0) is 25.0. The Morgan fingerprint density at radius 3 is 2.49 bits per heavy atom. The summed E-state index contributed by atoms with van der Waals surface area (Å²) in [4.78, 5) is 15.3. The Morgan fingerprint density at radius 1 is 1.11 bits per heavy atom. The Kier molecular flexibility index (Phi) is 5.83. The van der Waals surface area contributed by atoms with Gasteiger partial charge in [-0.25, -0.2) is 18.0 Å². The second-order valence-corrected chi connectivity index (χ2v) is 10.5. The predicted molar refractivity (Wildman–Crippen MR) is 119 cm³/mol. The molecule has 2 saturated heterocycles. The Labute approximate surface area is 200 Å². The zero-order valence-corrected chi connectivity index (χ0v) is 19.6. The maximum atomic E-state index is 15.0. The highest BCUT2D eigenvalue weighted by Crippen LogP contribution is 2.43. The molecule has 5 rings (SSSR count). The summed E-state index contributed by atoms with van der Waals surface area (Å²) in [6.45, 7) is 1.32. The summed E-state index contributed by atoms with van der Waals surface area (Å²) >= 11 is 0. The molecule has 0 radical (unpaired) electrons. The Morgan fingerprint density at radius 2 is 1.80 bits per heavy atom. The number of piperidine rings is 1. The van der Waals surface area contributed by atoms with Crippen molar-refractivity contribution in [3.05, 3.63) is 47.8 Å². The van der Waals surface area contributed by atoms with E-state index in [0.29, 0.717) is 0 Å². The second-order valence-electron chi connectivity index (χ2n) is 8.84. The van der Waals surface area contributed by atoms with Gasteiger partial charge in [0, 0.05) is 38.1 Å². The SMILES string of the molecule is Cc1ccc(S(=O)(=O)OC[C@@H]2OC(=O)N3c4cc(F)c(N5CCC(F)(F)CC5)cc4OC[C@@H]23)cc1. The number of carbonyl (C=O) groups is 1. The number of halogens is 3. The van der Waals surface area contributed by atoms with Crippen LogP contribution in [0.3, 0.4) is 0 Å². The smallest absolute Gasteiger partial charge is 0.415 e. The van der Waals surface area contributed by atoms with Gasteiger partial charge in [0.05, 0.1) is 16.3 Å². The monoisotopic (exact) mass is 512 g/mol. The molecule has 0 unspecified atom stereocenters. The van der Waals surface area contributed by atoms with Gasteiger partial charge in [-0.2, -0.15) is 8.42 Å². The van der Waals surface area contributed by atoms with Crippen molar-refractivity contribution in [1.82, 2.24) is 0 Å². The number of nitrogens with zero attached hydrogens (tertiary/aromatic N) is 2. The van der Waals surface area contributed by atoms with Crippen LogP contribution in [0.4, 0.5) is 29.3 Å². The molecule has 2 aromatic carbocycles. The van der Waals surface area contributed by atoms with E-state index in [1.807, 2.05) is 6.92 Å². The number of amides is 1. The van der Waals surface area contributed by atoms with Crippen LogP contribution in [0.1, 0.15) is 18.4 Å². The van der Waals surface area contributed by atoms with E-state index in [1.165, 1.54) is 28.0 Å². The summed E-state index contributed by atoms with van der Waals surface area (Å²) < 4.78 is 83.2. The molecule has 8 nitrogen and oxygen atoms in total. The lowest BCUT2D eigenvalue weighted by molar-refractivity contribution is -0.0221. The third-order valence-electron chi connectivity index (χ3n) is 6.44. The standard InChI is InChI=1S/C23H23F3N2O6S/c1-14-2-4-15(5-3-14)35(30,31)33-13-21-19-12-32-20-11-17(27-8-6-23(25,26)7-9-27)16(24)10-18(20)28(19)22(29)34-21/h2-5,10-11,19,21H,6-9,12-13H2,1H3/t19-,21-/m0/s1. The first-order chi connectivity index (χ1) is 16.5. The van der Waals surface area contributed by atoms with Gasteiger partial charge in [0.25, 0.3) is 16.0 Å². The molecule has 1 amide bonds. The number of alkyl halides is 2. The summed E-state index contributed by atoms with van der Waals surface area (Å²) in [5.41, 5.74) is 1.13. The fourth-order valence-corrected chi connectivity index (χ4v) is 5.35. The van der Waals surface area contributed by atoms with Crippen LogP contribution in [-0.2, 0) is 19.0 Å². The molecule has 3 heterocycles. The van der Waals surface area contributed by atoms with E-state index < -0.39 is 46.7 Å². The van der Waals surface area contributed by atoms with Crippen LogP contribution in [0.5, 0.6) is 5.75 Å². The third-order valence-corrected chi connectivity index (χ3v) is 7.74. The molecule has 2 fully saturated rings. The van der Waals surface area contributed by atoms with E-state index in [4.69, 9.17) is 13.7 Å². The quantitative estimate of drug-likeness (QED) is 0.563. The summed E-state index contributed by atoms with van der Waals surface area (Å²) in [5.74, 6) is -3.25. The average Bonchev–Trinajstić information content (AvgIpc) is 3.14. The van der Waals surface area contributed by atoms with E-state index in [0.717, 1.165) is 11.6 Å². The van der Waals surface area contributed by atoms with Crippen molar-refractivity contribution in [1.29, 1.82) is 0 Å². The van der Waals surface area contributed by atoms with Crippen LogP contribution < -0.4 is 14.5 Å². The molecule has 0 saturated carbocycles. The minimum atomic E-state index is -4.08. The highest BCUT2D eigenvalue weighted by molar-refractivity contribution is 7.86. The highest BCUT2D eigenvalue weighted by atomic mass is 32.2. The summed E-state index contributed by atoms with van der Waals surface area (Å²) in [6, 6.07) is 7.88. The van der Waals surface area contributed by atoms with Crippen molar-refractivity contribution < 1.29 is 40.0 Å². The van der Waals surface area contributed by atoms with Crippen LogP contribution in [-0.4, -0.2) is 58.9 Å². The molecular weight excluding hydrogens is 489 g/mol. The first-order valence-corrected chi connectivity index (χ1v) is 12.5. The van der Waals surface area contributed by atoms with Crippen LogP contribution in [0.25, 0.3) is 0 Å². The number of cyclic esters (lactones) is 1. The Bertz CT molecular complexity index is 1240. The maximum absolute atomic E-state index is 15.0. The number of hydrogen-bond donors (Lipinski definition) is 0. The lowest BCUT2D eigenvalue weighted by Gasteiger charge is -2.35. The van der Waals surface area contributed by atoms with Crippen LogP contribution in [0.15, 0.2) is 41.3 Å². The fraction of sp³-hybridized carbons (Fsp3) is 0.435. The van der Waals surface area contributed by atoms with E-state index in [2.05, 4.69) is 0 Å². The topological polar surface area (TPSA) is 85.4 Å². The van der Waals surface area contributed by atoms with Gasteiger partial charge in [0.15, 0.2) is 6.10 Å². The number of hydrogen-bond acceptors (Lipinski definition) is 7. The first-order valence-electron chi connectivity index (χ1n) is 11.1. The van der Waals surface area contributed by atoms with Crippen molar-refractivity contribution in [3.63, 3.8) is 0 Å². The van der Waals surface area contributed by atoms with E-state index in [-0.39, 0.29) is 54.6 Å². The van der Waals surface area contributed by atoms with Gasteiger partial charge in [-0.3, -0.25) is 9.08 Å². The molecular formula is C23H23F3N2O6S. The number of ether oxygens (including phenoxy) is 2. The van der Waals surface area contributed by atoms with E-state index >= 15 is 0 Å². The van der Waals surface area contributed by atoms with E-state index in [9.17, 15) is 26.4 Å². The molecule has 2 aromatic rings. The Hall–Kier alpha value is -2.99. The minimum absolute atomic E-state index is 0.00798. The van der Waals surface area contributed by atoms with Crippen molar-refractivity contribution >= 4 is 27.6 Å². The van der Waals surface area contributed by atoms with Gasteiger partial charge < -0.3 is 14.4 Å². The maximum Gasteiger partial charge on any atom is 0.415 e. The first kappa shape index (κ1) is 23.7. The predicted octanol–water partition coefficient (Wildman–Crippen LogP) is 3.86. The summed E-state index contributed by atoms with van der Waals surface area (Å²) in [7, 11) is -4.08. The minimum Gasteiger partial charge on any atom is -0.489 e. The van der Waals surface area contributed by atoms with E-state index in [1.54, 1.807) is 12.1 Å². The third kappa shape index (κ3) is 4.52. The molecule has 12 heteroatoms. The molecule has 3 aliphatic heterocycles. The van der Waals surface area contributed by atoms with Crippen molar-refractivity contribution in [3.8, 4) is 5.75 Å². The van der Waals surface area contributed by atoms with Crippen LogP contribution >= 0.6 is 0 Å². The molecule has 188 valence electrons. The number of aryl methyl sites for hydroxylation is 1. The normalized spacial score (nSPS) is 23.4. The number of carbonyl (C=O) groups excluding carboxylic acids is 1. The molecule has 0 aliphatic carbocycles. The average molecular weight is 513 g/mol. The number of fused-ring (bicyclic) bond motifs is 3. The lowest BCUT2D eigenvalue weighted by Crippen LogP contribution is -2.46. The molecule has 0 aromatic heterocycles. The van der Waals surface area contributed by atoms with Gasteiger partial charge in [-0.1, -0.05) is 17.7 Å². The summed E-state index contributed by atoms with van der Waals surface area (Å²) in [6.07, 6.45) is -2.51. The largest absolute Gasteiger partial charge is 0.489 e.